The van der Waals surface area contributed by atoms with Crippen LogP contribution in [0.2, 0.25) is 0 Å². The monoisotopic (exact) mass is 270 g/mol. The number of hydrogen-bond acceptors (Lipinski definition) is 4. The van der Waals surface area contributed by atoms with E-state index < -0.39 is 0 Å². The van der Waals surface area contributed by atoms with Crippen LogP contribution in [0.4, 0.5) is 0 Å². The molecule has 1 atom stereocenters. The lowest BCUT2D eigenvalue weighted by atomic mass is 10.1. The average Bonchev–Trinajstić information content (AvgIpc) is 2.93. The highest BCUT2D eigenvalue weighted by molar-refractivity contribution is 5.76. The summed E-state index contributed by atoms with van der Waals surface area (Å²) in [5.74, 6) is 0.116. The predicted octanol–water partition coefficient (Wildman–Crippen LogP) is 0.258. The third kappa shape index (κ3) is 6.36. The van der Waals surface area contributed by atoms with E-state index in [1.165, 1.54) is 25.9 Å². The minimum Gasteiger partial charge on any atom is -0.356 e. The van der Waals surface area contributed by atoms with Gasteiger partial charge in [0, 0.05) is 38.6 Å². The van der Waals surface area contributed by atoms with Crippen LogP contribution in [-0.4, -0.2) is 68.1 Å². The van der Waals surface area contributed by atoms with Crippen molar-refractivity contribution >= 4 is 5.91 Å². The lowest BCUT2D eigenvalue weighted by Crippen LogP contribution is -2.44. The van der Waals surface area contributed by atoms with Crippen molar-refractivity contribution in [1.82, 2.24) is 15.1 Å². The molecule has 0 aliphatic carbocycles. The Balaban J connectivity index is 2.25. The second kappa shape index (κ2) is 9.28. The van der Waals surface area contributed by atoms with E-state index in [4.69, 9.17) is 5.73 Å². The SMILES string of the molecule is CCCNC(=O)CC(CN)N(C)CCN1CCCC1. The molecule has 0 aromatic heterocycles. The second-order valence-electron chi connectivity index (χ2n) is 5.47. The van der Waals surface area contributed by atoms with Gasteiger partial charge in [-0.3, -0.25) is 4.79 Å². The fraction of sp³-hybridized carbons (Fsp3) is 0.929. The lowest BCUT2D eigenvalue weighted by molar-refractivity contribution is -0.122. The summed E-state index contributed by atoms with van der Waals surface area (Å²) in [4.78, 5) is 16.4. The van der Waals surface area contributed by atoms with E-state index in [1.54, 1.807) is 0 Å². The molecule has 5 nitrogen and oxygen atoms in total. The van der Waals surface area contributed by atoms with E-state index in [2.05, 4.69) is 29.1 Å². The van der Waals surface area contributed by atoms with Crippen molar-refractivity contribution in [2.45, 2.75) is 38.6 Å². The zero-order chi connectivity index (χ0) is 14.1. The molecule has 0 radical (unpaired) electrons. The number of carbonyl (C=O) groups excluding carboxylic acids is 1. The first-order chi connectivity index (χ1) is 9.17. The van der Waals surface area contributed by atoms with Crippen LogP contribution < -0.4 is 11.1 Å². The maximum absolute atomic E-state index is 11.7. The smallest absolute Gasteiger partial charge is 0.221 e. The number of amides is 1. The van der Waals surface area contributed by atoms with E-state index in [-0.39, 0.29) is 11.9 Å². The number of carbonyl (C=O) groups is 1. The fourth-order valence-corrected chi connectivity index (χ4v) is 2.46. The van der Waals surface area contributed by atoms with Gasteiger partial charge in [-0.25, -0.2) is 0 Å². The standard InChI is InChI=1S/C14H30N4O/c1-3-6-16-14(19)11-13(12-15)17(2)9-10-18-7-4-5-8-18/h13H,3-12,15H2,1-2H3,(H,16,19). The lowest BCUT2D eigenvalue weighted by Gasteiger charge is -2.28. The van der Waals surface area contributed by atoms with Gasteiger partial charge >= 0.3 is 0 Å². The highest BCUT2D eigenvalue weighted by Crippen LogP contribution is 2.08. The van der Waals surface area contributed by atoms with Crippen molar-refractivity contribution in [2.24, 2.45) is 5.73 Å². The number of hydrogen-bond donors (Lipinski definition) is 2. The van der Waals surface area contributed by atoms with Crippen LogP contribution in [0.25, 0.3) is 0 Å². The van der Waals surface area contributed by atoms with Gasteiger partial charge in [0.05, 0.1) is 0 Å². The Morgan fingerprint density at radius 3 is 2.68 bits per heavy atom. The first-order valence-corrected chi connectivity index (χ1v) is 7.56. The van der Waals surface area contributed by atoms with Crippen molar-refractivity contribution in [2.75, 3.05) is 46.3 Å². The molecule has 1 rings (SSSR count). The number of rotatable bonds is 9. The fourth-order valence-electron chi connectivity index (χ4n) is 2.46. The van der Waals surface area contributed by atoms with E-state index in [9.17, 15) is 4.79 Å². The Kier molecular flexibility index (Phi) is 8.02. The first kappa shape index (κ1) is 16.4. The predicted molar refractivity (Wildman–Crippen MR) is 79.1 cm³/mol. The molecule has 0 spiro atoms. The molecule has 1 aliphatic heterocycles. The van der Waals surface area contributed by atoms with Gasteiger partial charge in [0.2, 0.25) is 5.91 Å². The summed E-state index contributed by atoms with van der Waals surface area (Å²) in [5.41, 5.74) is 5.80. The van der Waals surface area contributed by atoms with Gasteiger partial charge < -0.3 is 20.9 Å². The molecule has 1 heterocycles. The number of nitrogens with two attached hydrogens (primary N) is 1. The molecule has 112 valence electrons. The van der Waals surface area contributed by atoms with Gasteiger partial charge in [0.25, 0.3) is 0 Å². The molecule has 0 aromatic rings. The number of likely N-dealkylation sites (N-methyl/N-ethyl adjacent to an activating group) is 1. The Morgan fingerprint density at radius 1 is 1.42 bits per heavy atom. The molecule has 3 N–H and O–H groups in total. The Morgan fingerprint density at radius 2 is 2.11 bits per heavy atom. The number of likely N-dealkylation sites (tertiary alicyclic amines) is 1. The van der Waals surface area contributed by atoms with Gasteiger partial charge in [0.1, 0.15) is 0 Å². The summed E-state index contributed by atoms with van der Waals surface area (Å²) in [6.07, 6.45) is 4.13. The van der Waals surface area contributed by atoms with Gasteiger partial charge in [-0.1, -0.05) is 6.92 Å². The summed E-state index contributed by atoms with van der Waals surface area (Å²) in [6.45, 7) is 7.87. The summed E-state index contributed by atoms with van der Waals surface area (Å²) >= 11 is 0. The molecule has 0 saturated carbocycles. The zero-order valence-corrected chi connectivity index (χ0v) is 12.5. The molecule has 1 amide bonds. The third-order valence-electron chi connectivity index (χ3n) is 3.86. The van der Waals surface area contributed by atoms with Crippen LogP contribution in [0, 0.1) is 0 Å². The normalized spacial score (nSPS) is 17.9. The first-order valence-electron chi connectivity index (χ1n) is 7.56. The van der Waals surface area contributed by atoms with Crippen molar-refractivity contribution in [3.05, 3.63) is 0 Å². The molecular formula is C14H30N4O. The average molecular weight is 270 g/mol. The molecule has 1 unspecified atom stereocenters. The third-order valence-corrected chi connectivity index (χ3v) is 3.86. The van der Waals surface area contributed by atoms with Crippen molar-refractivity contribution in [3.63, 3.8) is 0 Å². The second-order valence-corrected chi connectivity index (χ2v) is 5.47. The number of nitrogens with zero attached hydrogens (tertiary/aromatic N) is 2. The highest BCUT2D eigenvalue weighted by atomic mass is 16.1. The highest BCUT2D eigenvalue weighted by Gasteiger charge is 2.18. The van der Waals surface area contributed by atoms with E-state index >= 15 is 0 Å². The number of nitrogens with one attached hydrogen (secondary N) is 1. The largest absolute Gasteiger partial charge is 0.356 e. The van der Waals surface area contributed by atoms with Crippen LogP contribution in [0.5, 0.6) is 0 Å². The summed E-state index contributed by atoms with van der Waals surface area (Å²) in [7, 11) is 2.07. The molecule has 19 heavy (non-hydrogen) atoms. The molecule has 0 bridgehead atoms. The van der Waals surface area contributed by atoms with Gasteiger partial charge in [0.15, 0.2) is 0 Å². The Bertz CT molecular complexity index is 254. The maximum Gasteiger partial charge on any atom is 0.221 e. The summed E-state index contributed by atoms with van der Waals surface area (Å²) < 4.78 is 0. The van der Waals surface area contributed by atoms with Crippen LogP contribution in [0.3, 0.4) is 0 Å². The Hall–Kier alpha value is -0.650. The minimum atomic E-state index is 0.116. The van der Waals surface area contributed by atoms with Crippen LogP contribution in [0.1, 0.15) is 32.6 Å². The van der Waals surface area contributed by atoms with E-state index in [0.29, 0.717) is 13.0 Å². The molecule has 1 saturated heterocycles. The van der Waals surface area contributed by atoms with Crippen molar-refractivity contribution in [3.8, 4) is 0 Å². The van der Waals surface area contributed by atoms with Crippen LogP contribution in [0.15, 0.2) is 0 Å². The van der Waals surface area contributed by atoms with Gasteiger partial charge in [-0.15, -0.1) is 0 Å². The summed E-state index contributed by atoms with van der Waals surface area (Å²) in [5, 5.41) is 2.92. The zero-order valence-electron chi connectivity index (χ0n) is 12.5. The summed E-state index contributed by atoms with van der Waals surface area (Å²) in [6, 6.07) is 0.152. The van der Waals surface area contributed by atoms with E-state index in [1.807, 2.05) is 0 Å². The van der Waals surface area contributed by atoms with Crippen LogP contribution in [-0.2, 0) is 4.79 Å². The molecule has 0 aromatic carbocycles. The van der Waals surface area contributed by atoms with Crippen molar-refractivity contribution < 1.29 is 4.79 Å². The molecule has 5 heteroatoms. The van der Waals surface area contributed by atoms with Gasteiger partial charge in [-0.2, -0.15) is 0 Å². The topological polar surface area (TPSA) is 61.6 Å². The minimum absolute atomic E-state index is 0.116. The molecular weight excluding hydrogens is 240 g/mol. The van der Waals surface area contributed by atoms with E-state index in [0.717, 1.165) is 26.1 Å². The maximum atomic E-state index is 11.7. The molecule has 1 aliphatic rings. The Labute approximate surface area is 117 Å². The van der Waals surface area contributed by atoms with Gasteiger partial charge in [-0.05, 0) is 39.4 Å². The van der Waals surface area contributed by atoms with Crippen molar-refractivity contribution in [1.29, 1.82) is 0 Å². The quantitative estimate of drug-likeness (QED) is 0.631. The molecule has 1 fully saturated rings. The van der Waals surface area contributed by atoms with Crippen LogP contribution >= 0.6 is 0 Å².